The van der Waals surface area contributed by atoms with Crippen molar-refractivity contribution in [1.29, 1.82) is 0 Å². The monoisotopic (exact) mass is 283 g/mol. The van der Waals surface area contributed by atoms with Gasteiger partial charge in [0.05, 0.1) is 5.75 Å². The molecule has 0 fully saturated rings. The van der Waals surface area contributed by atoms with Gasteiger partial charge in [0.15, 0.2) is 0 Å². The lowest BCUT2D eigenvalue weighted by atomic mass is 10.2. The fourth-order valence-corrected chi connectivity index (χ4v) is 3.44. The van der Waals surface area contributed by atoms with Crippen molar-refractivity contribution in [3.63, 3.8) is 0 Å². The first kappa shape index (κ1) is 13.5. The number of hydrogen-bond acceptors (Lipinski definition) is 4. The molecule has 18 heavy (non-hydrogen) atoms. The van der Waals surface area contributed by atoms with Gasteiger partial charge in [0.2, 0.25) is 0 Å². The molecule has 0 atom stereocenters. The smallest absolute Gasteiger partial charge is 0.148 e. The topological polar surface area (TPSA) is 37.4 Å². The highest BCUT2D eigenvalue weighted by Gasteiger charge is 2.09. The van der Waals surface area contributed by atoms with Gasteiger partial charge in [-0.2, -0.15) is 0 Å². The molecule has 2 rings (SSSR count). The maximum atomic E-state index is 11.1. The van der Waals surface area contributed by atoms with Gasteiger partial charge in [-0.3, -0.25) is 0 Å². The summed E-state index contributed by atoms with van der Waals surface area (Å²) >= 11 is 1.73. The second kappa shape index (κ2) is 5.38. The molecule has 0 spiro atoms. The summed E-state index contributed by atoms with van der Waals surface area (Å²) in [4.78, 5) is 2.05. The summed E-state index contributed by atoms with van der Waals surface area (Å²) in [6.45, 7) is 1.36. The van der Waals surface area contributed by atoms with E-state index >= 15 is 0 Å². The van der Waals surface area contributed by atoms with E-state index in [9.17, 15) is 8.42 Å². The number of nitrogens with zero attached hydrogens (tertiary/aromatic N) is 1. The zero-order valence-corrected chi connectivity index (χ0v) is 12.2. The normalized spacial score (nSPS) is 12.4. The molecule has 2 aromatic rings. The number of thiophene rings is 1. The quantitative estimate of drug-likeness (QED) is 0.845. The molecule has 0 saturated carbocycles. The van der Waals surface area contributed by atoms with Crippen molar-refractivity contribution in [1.82, 2.24) is 4.90 Å². The van der Waals surface area contributed by atoms with Crippen molar-refractivity contribution in [2.75, 3.05) is 25.6 Å². The number of rotatable bonds is 5. The van der Waals surface area contributed by atoms with Gasteiger partial charge in [-0.15, -0.1) is 11.3 Å². The Morgan fingerprint density at radius 2 is 2.00 bits per heavy atom. The first-order valence-electron chi connectivity index (χ1n) is 5.77. The SMILES string of the molecule is CN(CCS(C)(=O)=O)Cc1csc2ccccc12. The van der Waals surface area contributed by atoms with E-state index in [1.165, 1.54) is 21.9 Å². The van der Waals surface area contributed by atoms with Crippen LogP contribution in [0.1, 0.15) is 5.56 Å². The van der Waals surface area contributed by atoms with Crippen LogP contribution in [-0.4, -0.2) is 38.9 Å². The zero-order valence-electron chi connectivity index (χ0n) is 10.6. The van der Waals surface area contributed by atoms with Crippen LogP contribution in [0.15, 0.2) is 29.6 Å². The lowest BCUT2D eigenvalue weighted by Crippen LogP contribution is -2.24. The molecular formula is C13H17NO2S2. The lowest BCUT2D eigenvalue weighted by molar-refractivity contribution is 0.348. The highest BCUT2D eigenvalue weighted by molar-refractivity contribution is 7.90. The Kier molecular flexibility index (Phi) is 4.04. The van der Waals surface area contributed by atoms with Crippen molar-refractivity contribution in [2.24, 2.45) is 0 Å². The van der Waals surface area contributed by atoms with Crippen LogP contribution in [-0.2, 0) is 16.4 Å². The predicted octanol–water partition coefficient (Wildman–Crippen LogP) is 2.38. The van der Waals surface area contributed by atoms with Gasteiger partial charge in [-0.05, 0) is 29.4 Å². The van der Waals surface area contributed by atoms with E-state index in [2.05, 4.69) is 22.4 Å². The van der Waals surface area contributed by atoms with Crippen LogP contribution < -0.4 is 0 Å². The Morgan fingerprint density at radius 3 is 2.72 bits per heavy atom. The third kappa shape index (κ3) is 3.54. The molecular weight excluding hydrogens is 266 g/mol. The largest absolute Gasteiger partial charge is 0.301 e. The molecule has 0 unspecified atom stereocenters. The van der Waals surface area contributed by atoms with Gasteiger partial charge in [-0.25, -0.2) is 8.42 Å². The second-order valence-corrected chi connectivity index (χ2v) is 7.80. The van der Waals surface area contributed by atoms with Crippen molar-refractivity contribution in [3.05, 3.63) is 35.2 Å². The number of fused-ring (bicyclic) bond motifs is 1. The van der Waals surface area contributed by atoms with Crippen molar-refractivity contribution < 1.29 is 8.42 Å². The van der Waals surface area contributed by atoms with E-state index in [-0.39, 0.29) is 5.75 Å². The predicted molar refractivity (Wildman–Crippen MR) is 77.9 cm³/mol. The molecule has 5 heteroatoms. The summed E-state index contributed by atoms with van der Waals surface area (Å²) in [6, 6.07) is 8.30. The Morgan fingerprint density at radius 1 is 1.28 bits per heavy atom. The number of sulfone groups is 1. The first-order chi connectivity index (χ1) is 8.46. The van der Waals surface area contributed by atoms with E-state index in [0.717, 1.165) is 6.54 Å². The average molecular weight is 283 g/mol. The second-order valence-electron chi connectivity index (χ2n) is 4.62. The minimum Gasteiger partial charge on any atom is -0.301 e. The highest BCUT2D eigenvalue weighted by atomic mass is 32.2. The van der Waals surface area contributed by atoms with Crippen LogP contribution in [0, 0.1) is 0 Å². The molecule has 0 bridgehead atoms. The van der Waals surface area contributed by atoms with Crippen molar-refractivity contribution in [2.45, 2.75) is 6.54 Å². The molecule has 0 amide bonds. The molecule has 0 aliphatic rings. The van der Waals surface area contributed by atoms with Gasteiger partial charge < -0.3 is 4.90 Å². The highest BCUT2D eigenvalue weighted by Crippen LogP contribution is 2.26. The molecule has 3 nitrogen and oxygen atoms in total. The molecule has 1 aromatic heterocycles. The van der Waals surface area contributed by atoms with Crippen LogP contribution in [0.3, 0.4) is 0 Å². The summed E-state index contributed by atoms with van der Waals surface area (Å²) in [6.07, 6.45) is 1.28. The Bertz CT molecular complexity index is 631. The van der Waals surface area contributed by atoms with E-state index < -0.39 is 9.84 Å². The molecule has 1 heterocycles. The van der Waals surface area contributed by atoms with Gasteiger partial charge in [0.1, 0.15) is 9.84 Å². The van der Waals surface area contributed by atoms with E-state index in [1.807, 2.05) is 19.2 Å². The van der Waals surface area contributed by atoms with E-state index in [0.29, 0.717) is 6.54 Å². The standard InChI is InChI=1S/C13H17NO2S2/c1-14(7-8-18(2,15)16)9-11-10-17-13-6-4-3-5-12(11)13/h3-6,10H,7-9H2,1-2H3. The van der Waals surface area contributed by atoms with Crippen molar-refractivity contribution >= 4 is 31.3 Å². The van der Waals surface area contributed by atoms with E-state index in [4.69, 9.17) is 0 Å². The van der Waals surface area contributed by atoms with Crippen LogP contribution in [0.2, 0.25) is 0 Å². The zero-order chi connectivity index (χ0) is 13.2. The summed E-state index contributed by atoms with van der Waals surface area (Å²) < 4.78 is 23.5. The first-order valence-corrected chi connectivity index (χ1v) is 8.71. The summed E-state index contributed by atoms with van der Waals surface area (Å²) in [7, 11) is -0.924. The van der Waals surface area contributed by atoms with Crippen molar-refractivity contribution in [3.8, 4) is 0 Å². The van der Waals surface area contributed by atoms with Gasteiger partial charge in [0.25, 0.3) is 0 Å². The van der Waals surface area contributed by atoms with Crippen LogP contribution >= 0.6 is 11.3 Å². The Hall–Kier alpha value is -0.910. The average Bonchev–Trinajstić information content (AvgIpc) is 2.70. The molecule has 0 aliphatic carbocycles. The third-order valence-electron chi connectivity index (χ3n) is 2.85. The van der Waals surface area contributed by atoms with E-state index in [1.54, 1.807) is 11.3 Å². The van der Waals surface area contributed by atoms with Crippen LogP contribution in [0.4, 0.5) is 0 Å². The van der Waals surface area contributed by atoms with Gasteiger partial charge in [0, 0.05) is 24.0 Å². The lowest BCUT2D eigenvalue weighted by Gasteiger charge is -2.15. The molecule has 0 radical (unpaired) electrons. The molecule has 0 aliphatic heterocycles. The number of benzene rings is 1. The fourth-order valence-electron chi connectivity index (χ4n) is 1.85. The molecule has 0 N–H and O–H groups in total. The molecule has 0 saturated heterocycles. The van der Waals surface area contributed by atoms with Gasteiger partial charge in [-0.1, -0.05) is 18.2 Å². The summed E-state index contributed by atoms with van der Waals surface area (Å²) in [5.74, 6) is 0.214. The van der Waals surface area contributed by atoms with Crippen LogP contribution in [0.5, 0.6) is 0 Å². The number of hydrogen-bond donors (Lipinski definition) is 0. The summed E-state index contributed by atoms with van der Waals surface area (Å²) in [5.41, 5.74) is 1.27. The summed E-state index contributed by atoms with van der Waals surface area (Å²) in [5, 5.41) is 3.43. The fraction of sp³-hybridized carbons (Fsp3) is 0.385. The minimum absolute atomic E-state index is 0.214. The van der Waals surface area contributed by atoms with Crippen LogP contribution in [0.25, 0.3) is 10.1 Å². The minimum atomic E-state index is -2.88. The van der Waals surface area contributed by atoms with Gasteiger partial charge >= 0.3 is 0 Å². The molecule has 1 aromatic carbocycles. The Labute approximate surface area is 112 Å². The Balaban J connectivity index is 2.05. The maximum absolute atomic E-state index is 11.1. The third-order valence-corrected chi connectivity index (χ3v) is 4.78. The maximum Gasteiger partial charge on any atom is 0.148 e. The molecule has 98 valence electrons.